The SMILES string of the molecule is CC(=C(C#N)C#N)c1ccc2cc(N(C)CCOSOSI)ccc2c1. The van der Waals surface area contributed by atoms with E-state index in [2.05, 4.69) is 11.0 Å². The topological polar surface area (TPSA) is 69.3 Å². The number of benzene rings is 2. The summed E-state index contributed by atoms with van der Waals surface area (Å²) >= 11 is 3.01. The molecule has 0 atom stereocenters. The molecule has 2 aromatic rings. The summed E-state index contributed by atoms with van der Waals surface area (Å²) in [6.45, 7) is 3.08. The van der Waals surface area contributed by atoms with Gasteiger partial charge < -0.3 is 4.90 Å². The minimum Gasteiger partial charge on any atom is -0.372 e. The Morgan fingerprint density at radius 1 is 1.15 bits per heavy atom. The van der Waals surface area contributed by atoms with E-state index in [4.69, 9.17) is 18.3 Å². The van der Waals surface area contributed by atoms with Gasteiger partial charge in [-0.1, -0.05) is 18.2 Å². The number of hydrogen-bond acceptors (Lipinski definition) is 7. The highest BCUT2D eigenvalue weighted by Crippen LogP contribution is 2.26. The van der Waals surface area contributed by atoms with Crippen molar-refractivity contribution in [2.75, 3.05) is 25.1 Å². The molecule has 0 saturated carbocycles. The van der Waals surface area contributed by atoms with Crippen molar-refractivity contribution in [2.24, 2.45) is 0 Å². The molecule has 8 heteroatoms. The van der Waals surface area contributed by atoms with E-state index in [-0.39, 0.29) is 5.57 Å². The maximum atomic E-state index is 9.03. The third-order valence-electron chi connectivity index (χ3n) is 3.91. The van der Waals surface area contributed by atoms with Crippen molar-refractivity contribution in [3.05, 3.63) is 47.5 Å². The number of halogens is 1. The molecular weight excluding hydrogens is 481 g/mol. The summed E-state index contributed by atoms with van der Waals surface area (Å²) in [5.74, 6) is 0. The molecule has 0 amide bonds. The highest BCUT2D eigenvalue weighted by atomic mass is 127. The van der Waals surface area contributed by atoms with E-state index < -0.39 is 0 Å². The molecule has 0 aliphatic heterocycles. The summed E-state index contributed by atoms with van der Waals surface area (Å²) in [6, 6.07) is 16.0. The Hall–Kier alpha value is -1.43. The lowest BCUT2D eigenvalue weighted by atomic mass is 9.99. The molecule has 0 radical (unpaired) electrons. The number of likely N-dealkylation sites (N-methyl/N-ethyl adjacent to an activating group) is 1. The van der Waals surface area contributed by atoms with E-state index in [0.717, 1.165) is 40.9 Å². The van der Waals surface area contributed by atoms with Crippen LogP contribution in [0.15, 0.2) is 42.0 Å². The molecule has 0 saturated heterocycles. The lowest BCUT2D eigenvalue weighted by Gasteiger charge is -2.19. The number of nitriles is 2. The van der Waals surface area contributed by atoms with E-state index in [1.807, 2.05) is 70.7 Å². The summed E-state index contributed by atoms with van der Waals surface area (Å²) in [4.78, 5) is 2.11. The Kier molecular flexibility index (Phi) is 8.55. The van der Waals surface area contributed by atoms with Gasteiger partial charge in [-0.15, -0.1) is 0 Å². The quantitative estimate of drug-likeness (QED) is 0.201. The Labute approximate surface area is 174 Å². The minimum absolute atomic E-state index is 0.142. The van der Waals surface area contributed by atoms with Gasteiger partial charge in [-0.2, -0.15) is 10.5 Å². The molecule has 26 heavy (non-hydrogen) atoms. The van der Waals surface area contributed by atoms with Crippen LogP contribution in [0, 0.1) is 22.7 Å². The molecule has 0 spiro atoms. The van der Waals surface area contributed by atoms with Crippen molar-refractivity contribution < 1.29 is 7.81 Å². The fourth-order valence-electron chi connectivity index (χ4n) is 2.41. The van der Waals surface area contributed by atoms with Crippen molar-refractivity contribution in [2.45, 2.75) is 6.92 Å². The summed E-state index contributed by atoms with van der Waals surface area (Å²) in [7, 11) is 3.23. The van der Waals surface area contributed by atoms with Crippen LogP contribution in [0.3, 0.4) is 0 Å². The van der Waals surface area contributed by atoms with E-state index in [0.29, 0.717) is 12.2 Å². The van der Waals surface area contributed by atoms with E-state index >= 15 is 0 Å². The summed E-state index contributed by atoms with van der Waals surface area (Å²) < 4.78 is 10.3. The molecular formula is C18H16IN3O2S2. The van der Waals surface area contributed by atoms with Gasteiger partial charge in [0.1, 0.15) is 17.7 Å². The van der Waals surface area contributed by atoms with Gasteiger partial charge in [0.15, 0.2) is 12.3 Å². The van der Waals surface area contributed by atoms with Crippen LogP contribution in [0.5, 0.6) is 0 Å². The first-order valence-corrected chi connectivity index (χ1v) is 11.6. The molecule has 134 valence electrons. The van der Waals surface area contributed by atoms with Crippen LogP contribution in [0.2, 0.25) is 0 Å². The van der Waals surface area contributed by atoms with Gasteiger partial charge in [-0.3, -0.25) is 4.18 Å². The van der Waals surface area contributed by atoms with Crippen LogP contribution in [-0.4, -0.2) is 20.2 Å². The Morgan fingerprint density at radius 2 is 1.85 bits per heavy atom. The van der Waals surface area contributed by atoms with Crippen LogP contribution in [0.1, 0.15) is 12.5 Å². The van der Waals surface area contributed by atoms with Gasteiger partial charge in [0.2, 0.25) is 0 Å². The van der Waals surface area contributed by atoms with Gasteiger partial charge in [0, 0.05) is 40.5 Å². The van der Waals surface area contributed by atoms with Crippen LogP contribution in [0.4, 0.5) is 5.69 Å². The summed E-state index contributed by atoms with van der Waals surface area (Å²) in [5.41, 5.74) is 2.81. The molecule has 2 aromatic carbocycles. The van der Waals surface area contributed by atoms with Crippen LogP contribution in [-0.2, 0) is 7.81 Å². The van der Waals surface area contributed by atoms with E-state index in [9.17, 15) is 0 Å². The number of hydrogen-bond donors (Lipinski definition) is 0. The second-order valence-electron chi connectivity index (χ2n) is 5.41. The number of allylic oxidation sites excluding steroid dienone is 2. The van der Waals surface area contributed by atoms with Crippen molar-refractivity contribution >= 4 is 64.8 Å². The van der Waals surface area contributed by atoms with Crippen molar-refractivity contribution in [1.82, 2.24) is 0 Å². The number of fused-ring (bicyclic) bond motifs is 1. The smallest absolute Gasteiger partial charge is 0.172 e. The third kappa shape index (κ3) is 5.53. The molecule has 0 aliphatic rings. The number of nitrogens with zero attached hydrogens (tertiary/aromatic N) is 3. The van der Waals surface area contributed by atoms with Gasteiger partial charge in [0.05, 0.1) is 15.8 Å². The third-order valence-corrected chi connectivity index (χ3v) is 5.92. The molecule has 0 heterocycles. The molecule has 2 rings (SSSR count). The average Bonchev–Trinajstić information content (AvgIpc) is 2.67. The first kappa shape index (κ1) is 20.9. The second-order valence-corrected chi connectivity index (χ2v) is 7.53. The highest BCUT2D eigenvalue weighted by molar-refractivity contribution is 14.2. The summed E-state index contributed by atoms with van der Waals surface area (Å²) in [5, 5.41) is 20.2. The minimum atomic E-state index is 0.142. The monoisotopic (exact) mass is 497 g/mol. The molecule has 5 nitrogen and oxygen atoms in total. The molecule has 0 aliphatic carbocycles. The lowest BCUT2D eigenvalue weighted by molar-refractivity contribution is 0.361. The predicted octanol–water partition coefficient (Wildman–Crippen LogP) is 5.69. The van der Waals surface area contributed by atoms with Gasteiger partial charge in [-0.25, -0.2) is 3.63 Å². The molecule has 0 aromatic heterocycles. The van der Waals surface area contributed by atoms with Gasteiger partial charge in [0.25, 0.3) is 0 Å². The molecule has 0 unspecified atom stereocenters. The maximum absolute atomic E-state index is 9.03. The fourth-order valence-corrected chi connectivity index (χ4v) is 3.33. The largest absolute Gasteiger partial charge is 0.372 e. The maximum Gasteiger partial charge on any atom is 0.172 e. The predicted molar refractivity (Wildman–Crippen MR) is 117 cm³/mol. The second kappa shape index (κ2) is 10.7. The van der Waals surface area contributed by atoms with Crippen molar-refractivity contribution in [3.63, 3.8) is 0 Å². The molecule has 0 N–H and O–H groups in total. The van der Waals surface area contributed by atoms with Gasteiger partial charge in [-0.05, 0) is 47.0 Å². The zero-order valence-corrected chi connectivity index (χ0v) is 18.0. The van der Waals surface area contributed by atoms with E-state index in [1.165, 1.54) is 9.21 Å². The fraction of sp³-hybridized carbons (Fsp3) is 0.222. The van der Waals surface area contributed by atoms with E-state index in [1.54, 1.807) is 6.92 Å². The van der Waals surface area contributed by atoms with Crippen molar-refractivity contribution in [1.29, 1.82) is 10.5 Å². The number of rotatable bonds is 8. The van der Waals surface area contributed by atoms with Crippen LogP contribution < -0.4 is 4.90 Å². The zero-order valence-electron chi connectivity index (χ0n) is 14.2. The Balaban J connectivity index is 2.15. The number of anilines is 1. The van der Waals surface area contributed by atoms with Crippen LogP contribution in [0.25, 0.3) is 16.3 Å². The average molecular weight is 497 g/mol. The zero-order chi connectivity index (χ0) is 18.9. The van der Waals surface area contributed by atoms with Crippen LogP contribution >= 0.6 is 42.7 Å². The standard InChI is InChI=1S/C18H16IN3O2S2/c1-13(17(11-20)12-21)14-3-4-16-10-18(6-5-15(16)9-14)22(2)7-8-23-26-24-25-19/h3-6,9-10H,7-8H2,1-2H3. The molecule has 0 bridgehead atoms. The lowest BCUT2D eigenvalue weighted by Crippen LogP contribution is -2.21. The van der Waals surface area contributed by atoms with Crippen molar-refractivity contribution in [3.8, 4) is 12.1 Å². The first-order chi connectivity index (χ1) is 12.6. The summed E-state index contributed by atoms with van der Waals surface area (Å²) in [6.07, 6.45) is 0. The Bertz CT molecular complexity index is 874. The highest BCUT2D eigenvalue weighted by Gasteiger charge is 2.07. The Morgan fingerprint density at radius 3 is 2.54 bits per heavy atom. The first-order valence-electron chi connectivity index (χ1n) is 7.60. The van der Waals surface area contributed by atoms with Gasteiger partial charge >= 0.3 is 0 Å². The normalized spacial score (nSPS) is 10.2. The molecule has 0 fully saturated rings.